The summed E-state index contributed by atoms with van der Waals surface area (Å²) in [6, 6.07) is 10.4. The van der Waals surface area contributed by atoms with Crippen molar-refractivity contribution in [1.29, 1.82) is 0 Å². The molecule has 0 unspecified atom stereocenters. The van der Waals surface area contributed by atoms with Crippen molar-refractivity contribution in [2.75, 3.05) is 0 Å². The average molecular weight is 294 g/mol. The molecule has 0 spiro atoms. The molecule has 0 saturated carbocycles. The van der Waals surface area contributed by atoms with E-state index in [1.54, 1.807) is 0 Å². The molecule has 1 atom stereocenters. The second-order valence-corrected chi connectivity index (χ2v) is 5.76. The Morgan fingerprint density at radius 1 is 1.18 bits per heavy atom. The number of imidazole rings is 1. The fourth-order valence-electron chi connectivity index (χ4n) is 3.00. The molecular formula is C17H18N4O. The third-order valence-corrected chi connectivity index (χ3v) is 4.26. The van der Waals surface area contributed by atoms with E-state index in [-0.39, 0.29) is 0 Å². The van der Waals surface area contributed by atoms with E-state index in [4.69, 9.17) is 4.52 Å². The summed E-state index contributed by atoms with van der Waals surface area (Å²) in [6.07, 6.45) is 7.56. The molecule has 3 heterocycles. The van der Waals surface area contributed by atoms with Crippen LogP contribution in [0.15, 0.2) is 47.2 Å². The van der Waals surface area contributed by atoms with Gasteiger partial charge in [-0.2, -0.15) is 4.98 Å². The first kappa shape index (κ1) is 13.2. The summed E-state index contributed by atoms with van der Waals surface area (Å²) in [5, 5.41) is 4.14. The van der Waals surface area contributed by atoms with Crippen molar-refractivity contribution in [3.63, 3.8) is 0 Å². The molecule has 5 heteroatoms. The number of hydrogen-bond acceptors (Lipinski definition) is 4. The van der Waals surface area contributed by atoms with Gasteiger partial charge >= 0.3 is 0 Å². The normalized spacial score (nSPS) is 17.4. The Bertz CT molecular complexity index is 747. The minimum Gasteiger partial charge on any atom is -0.339 e. The van der Waals surface area contributed by atoms with Crippen LogP contribution >= 0.6 is 0 Å². The molecule has 0 N–H and O–H groups in total. The van der Waals surface area contributed by atoms with Gasteiger partial charge in [0.05, 0.1) is 0 Å². The molecule has 3 aromatic rings. The predicted octanol–water partition coefficient (Wildman–Crippen LogP) is 2.78. The highest BCUT2D eigenvalue weighted by Crippen LogP contribution is 2.27. The first-order chi connectivity index (χ1) is 10.9. The van der Waals surface area contributed by atoms with Crippen LogP contribution in [0.2, 0.25) is 0 Å². The molecular weight excluding hydrogens is 276 g/mol. The number of nitrogens with zero attached hydrogens (tertiary/aromatic N) is 4. The van der Waals surface area contributed by atoms with Crippen molar-refractivity contribution in [2.45, 2.75) is 38.1 Å². The van der Waals surface area contributed by atoms with Crippen LogP contribution in [-0.2, 0) is 25.8 Å². The van der Waals surface area contributed by atoms with Gasteiger partial charge in [-0.3, -0.25) is 0 Å². The van der Waals surface area contributed by atoms with E-state index in [0.29, 0.717) is 5.92 Å². The van der Waals surface area contributed by atoms with Crippen LogP contribution in [0, 0.1) is 0 Å². The number of aryl methyl sites for hydroxylation is 3. The summed E-state index contributed by atoms with van der Waals surface area (Å²) >= 11 is 0. The zero-order valence-corrected chi connectivity index (χ0v) is 12.4. The van der Waals surface area contributed by atoms with Crippen LogP contribution in [0.1, 0.15) is 35.4 Å². The van der Waals surface area contributed by atoms with Crippen LogP contribution in [-0.4, -0.2) is 19.7 Å². The van der Waals surface area contributed by atoms with Crippen molar-refractivity contribution in [2.24, 2.45) is 0 Å². The molecule has 1 aromatic carbocycles. The van der Waals surface area contributed by atoms with Gasteiger partial charge in [-0.25, -0.2) is 4.98 Å². The van der Waals surface area contributed by atoms with E-state index < -0.39 is 0 Å². The Morgan fingerprint density at radius 2 is 2.09 bits per heavy atom. The van der Waals surface area contributed by atoms with Gasteiger partial charge in [-0.15, -0.1) is 0 Å². The van der Waals surface area contributed by atoms with Gasteiger partial charge in [0.25, 0.3) is 0 Å². The van der Waals surface area contributed by atoms with Gasteiger partial charge in [-0.1, -0.05) is 35.5 Å². The van der Waals surface area contributed by atoms with Gasteiger partial charge in [0.1, 0.15) is 5.82 Å². The van der Waals surface area contributed by atoms with Crippen molar-refractivity contribution in [1.82, 2.24) is 19.7 Å². The van der Waals surface area contributed by atoms with Gasteiger partial charge in [0, 0.05) is 37.7 Å². The Morgan fingerprint density at radius 3 is 3.00 bits per heavy atom. The maximum atomic E-state index is 5.49. The van der Waals surface area contributed by atoms with E-state index in [9.17, 15) is 0 Å². The maximum absolute atomic E-state index is 5.49. The smallest absolute Gasteiger partial charge is 0.230 e. The molecule has 22 heavy (non-hydrogen) atoms. The zero-order chi connectivity index (χ0) is 14.8. The van der Waals surface area contributed by atoms with Gasteiger partial charge < -0.3 is 9.09 Å². The summed E-state index contributed by atoms with van der Waals surface area (Å²) in [6.45, 7) is 0.974. The third-order valence-electron chi connectivity index (χ3n) is 4.26. The molecule has 0 fully saturated rings. The highest BCUT2D eigenvalue weighted by Gasteiger charge is 2.25. The first-order valence-electron chi connectivity index (χ1n) is 7.75. The molecule has 2 aromatic heterocycles. The monoisotopic (exact) mass is 294 g/mol. The zero-order valence-electron chi connectivity index (χ0n) is 12.4. The lowest BCUT2D eigenvalue weighted by molar-refractivity contribution is 0.321. The molecule has 0 aliphatic carbocycles. The quantitative estimate of drug-likeness (QED) is 0.742. The highest BCUT2D eigenvalue weighted by molar-refractivity contribution is 5.15. The van der Waals surface area contributed by atoms with Gasteiger partial charge in [0.15, 0.2) is 5.82 Å². The standard InChI is InChI=1S/C17H18N4O/c1-2-4-13(5-3-1)6-7-15-19-17(22-20-15)14-8-10-21-11-9-18-16(21)12-14/h1-5,9,11,14H,6-8,10,12H2/t14-/m0/s1. The lowest BCUT2D eigenvalue weighted by atomic mass is 9.98. The Kier molecular flexibility index (Phi) is 3.46. The molecule has 0 bridgehead atoms. The molecule has 112 valence electrons. The van der Waals surface area contributed by atoms with Crippen molar-refractivity contribution >= 4 is 0 Å². The van der Waals surface area contributed by atoms with Crippen molar-refractivity contribution in [3.05, 3.63) is 65.8 Å². The van der Waals surface area contributed by atoms with E-state index >= 15 is 0 Å². The SMILES string of the molecule is c1ccc(CCc2noc([C@H]3CCn4ccnc4C3)n2)cc1. The largest absolute Gasteiger partial charge is 0.339 e. The molecule has 5 nitrogen and oxygen atoms in total. The fourth-order valence-corrected chi connectivity index (χ4v) is 3.00. The number of benzene rings is 1. The highest BCUT2D eigenvalue weighted by atomic mass is 16.5. The lowest BCUT2D eigenvalue weighted by Crippen LogP contribution is -2.18. The number of hydrogen-bond donors (Lipinski definition) is 0. The summed E-state index contributed by atoms with van der Waals surface area (Å²) in [5.41, 5.74) is 1.30. The molecule has 0 saturated heterocycles. The third kappa shape index (κ3) is 2.66. The topological polar surface area (TPSA) is 56.7 Å². The molecule has 0 amide bonds. The molecule has 1 aliphatic heterocycles. The Hall–Kier alpha value is -2.43. The maximum Gasteiger partial charge on any atom is 0.230 e. The molecule has 4 rings (SSSR count). The minimum atomic E-state index is 0.299. The minimum absolute atomic E-state index is 0.299. The lowest BCUT2D eigenvalue weighted by Gasteiger charge is -2.19. The number of fused-ring (bicyclic) bond motifs is 1. The number of rotatable bonds is 4. The Labute approximate surface area is 129 Å². The van der Waals surface area contributed by atoms with E-state index in [2.05, 4.69) is 44.0 Å². The Balaban J connectivity index is 1.42. The van der Waals surface area contributed by atoms with Crippen molar-refractivity contribution < 1.29 is 4.52 Å². The summed E-state index contributed by atoms with van der Waals surface area (Å²) in [4.78, 5) is 8.98. The fraction of sp³-hybridized carbons (Fsp3) is 0.353. The van der Waals surface area contributed by atoms with Gasteiger partial charge in [0.2, 0.25) is 5.89 Å². The number of aromatic nitrogens is 4. The molecule has 1 aliphatic rings. The van der Waals surface area contributed by atoms with Gasteiger partial charge in [-0.05, 0) is 18.4 Å². The molecule has 0 radical (unpaired) electrons. The summed E-state index contributed by atoms with van der Waals surface area (Å²) < 4.78 is 7.68. The van der Waals surface area contributed by atoms with E-state index in [1.807, 2.05) is 18.5 Å². The van der Waals surface area contributed by atoms with Crippen LogP contribution in [0.4, 0.5) is 0 Å². The van der Waals surface area contributed by atoms with Crippen LogP contribution in [0.25, 0.3) is 0 Å². The second kappa shape index (κ2) is 5.75. The van der Waals surface area contributed by atoms with E-state index in [1.165, 1.54) is 5.56 Å². The predicted molar refractivity (Wildman–Crippen MR) is 81.4 cm³/mol. The summed E-state index contributed by atoms with van der Waals surface area (Å²) in [7, 11) is 0. The van der Waals surface area contributed by atoms with E-state index in [0.717, 1.165) is 49.8 Å². The first-order valence-corrected chi connectivity index (χ1v) is 7.75. The van der Waals surface area contributed by atoms with Crippen LogP contribution in [0.5, 0.6) is 0 Å². The van der Waals surface area contributed by atoms with Crippen LogP contribution in [0.3, 0.4) is 0 Å². The second-order valence-electron chi connectivity index (χ2n) is 5.76. The van der Waals surface area contributed by atoms with Crippen LogP contribution < -0.4 is 0 Å². The summed E-state index contributed by atoms with van der Waals surface area (Å²) in [5.74, 6) is 2.97. The average Bonchev–Trinajstić information content (AvgIpc) is 3.22. The van der Waals surface area contributed by atoms with Crippen molar-refractivity contribution in [3.8, 4) is 0 Å².